The van der Waals surface area contributed by atoms with E-state index in [2.05, 4.69) is 31.2 Å². The third-order valence-corrected chi connectivity index (χ3v) is 3.66. The van der Waals surface area contributed by atoms with Crippen molar-refractivity contribution in [1.29, 1.82) is 0 Å². The van der Waals surface area contributed by atoms with E-state index in [-0.39, 0.29) is 5.91 Å². The lowest BCUT2D eigenvalue weighted by Crippen LogP contribution is -2.30. The van der Waals surface area contributed by atoms with Crippen LogP contribution >= 0.6 is 15.9 Å². The Bertz CT molecular complexity index is 766. The Morgan fingerprint density at radius 3 is 2.68 bits per heavy atom. The van der Waals surface area contributed by atoms with E-state index in [0.717, 1.165) is 15.5 Å². The van der Waals surface area contributed by atoms with Crippen LogP contribution in [0, 0.1) is 0 Å². The van der Waals surface area contributed by atoms with Gasteiger partial charge >= 0.3 is 0 Å². The third kappa shape index (κ3) is 3.28. The van der Waals surface area contributed by atoms with Crippen molar-refractivity contribution in [3.63, 3.8) is 0 Å². The molecule has 2 N–H and O–H groups in total. The minimum Gasteiger partial charge on any atom is -0.481 e. The molecule has 0 aliphatic rings. The molecule has 112 valence electrons. The summed E-state index contributed by atoms with van der Waals surface area (Å²) in [7, 11) is 0. The maximum absolute atomic E-state index is 12.2. The highest BCUT2D eigenvalue weighted by atomic mass is 79.9. The molecule has 0 spiro atoms. The molecule has 3 rings (SSSR count). The highest BCUT2D eigenvalue weighted by molar-refractivity contribution is 9.10. The van der Waals surface area contributed by atoms with Gasteiger partial charge in [-0.1, -0.05) is 28.1 Å². The van der Waals surface area contributed by atoms with Gasteiger partial charge in [-0.05, 0) is 43.3 Å². The number of fused-ring (bicyclic) bond motifs is 1. The Balaban J connectivity index is 1.66. The molecule has 1 heterocycles. The van der Waals surface area contributed by atoms with Crippen LogP contribution in [0.2, 0.25) is 0 Å². The number of hydrogen-bond donors (Lipinski definition) is 2. The van der Waals surface area contributed by atoms with Crippen LogP contribution < -0.4 is 10.1 Å². The summed E-state index contributed by atoms with van der Waals surface area (Å²) in [4.78, 5) is 19.5. The Labute approximate surface area is 135 Å². The smallest absolute Gasteiger partial charge is 0.267 e. The van der Waals surface area contributed by atoms with Crippen LogP contribution in [-0.2, 0) is 4.79 Å². The fourth-order valence-corrected chi connectivity index (χ4v) is 2.27. The zero-order valence-electron chi connectivity index (χ0n) is 11.8. The first-order valence-electron chi connectivity index (χ1n) is 6.79. The number of hydrogen-bond acceptors (Lipinski definition) is 3. The van der Waals surface area contributed by atoms with Gasteiger partial charge in [0.25, 0.3) is 5.91 Å². The van der Waals surface area contributed by atoms with Crippen molar-refractivity contribution in [2.75, 3.05) is 5.32 Å². The van der Waals surface area contributed by atoms with Crippen LogP contribution in [0.25, 0.3) is 11.0 Å². The summed E-state index contributed by atoms with van der Waals surface area (Å²) in [6.45, 7) is 1.69. The van der Waals surface area contributed by atoms with E-state index in [4.69, 9.17) is 4.74 Å². The Morgan fingerprint density at radius 2 is 1.95 bits per heavy atom. The van der Waals surface area contributed by atoms with Gasteiger partial charge in [0.2, 0.25) is 5.95 Å². The summed E-state index contributed by atoms with van der Waals surface area (Å²) in [5.74, 6) is 0.787. The summed E-state index contributed by atoms with van der Waals surface area (Å²) >= 11 is 3.35. The maximum atomic E-state index is 12.2. The van der Waals surface area contributed by atoms with E-state index in [1.54, 1.807) is 19.1 Å². The van der Waals surface area contributed by atoms with Crippen molar-refractivity contribution >= 4 is 38.8 Å². The summed E-state index contributed by atoms with van der Waals surface area (Å²) in [5, 5.41) is 2.72. The van der Waals surface area contributed by atoms with E-state index in [1.807, 2.05) is 36.4 Å². The quantitative estimate of drug-likeness (QED) is 0.745. The number of nitrogens with one attached hydrogen (secondary N) is 2. The molecule has 0 bridgehead atoms. The Hall–Kier alpha value is -2.34. The number of anilines is 1. The summed E-state index contributed by atoms with van der Waals surface area (Å²) in [6.07, 6.45) is -0.630. The number of carbonyl (C=O) groups is 1. The van der Waals surface area contributed by atoms with Gasteiger partial charge in [-0.2, -0.15) is 0 Å². The first-order valence-corrected chi connectivity index (χ1v) is 7.59. The number of benzene rings is 2. The van der Waals surface area contributed by atoms with Gasteiger partial charge in [-0.25, -0.2) is 4.98 Å². The van der Waals surface area contributed by atoms with Crippen molar-refractivity contribution < 1.29 is 9.53 Å². The van der Waals surface area contributed by atoms with E-state index >= 15 is 0 Å². The second-order valence-electron chi connectivity index (χ2n) is 4.81. The largest absolute Gasteiger partial charge is 0.481 e. The van der Waals surface area contributed by atoms with Gasteiger partial charge in [0.15, 0.2) is 6.10 Å². The lowest BCUT2D eigenvalue weighted by Gasteiger charge is -2.13. The molecule has 5 nitrogen and oxygen atoms in total. The molecule has 1 amide bonds. The molecule has 1 aromatic heterocycles. The fourth-order valence-electron chi connectivity index (χ4n) is 2.00. The number of rotatable bonds is 4. The first-order chi connectivity index (χ1) is 10.6. The fraction of sp³-hybridized carbons (Fsp3) is 0.125. The van der Waals surface area contributed by atoms with Crippen LogP contribution in [0.1, 0.15) is 6.92 Å². The van der Waals surface area contributed by atoms with Crippen molar-refractivity contribution in [2.24, 2.45) is 0 Å². The van der Waals surface area contributed by atoms with Crippen LogP contribution in [-0.4, -0.2) is 22.0 Å². The number of H-pyrrole nitrogens is 1. The molecule has 0 unspecified atom stereocenters. The molecule has 6 heteroatoms. The summed E-state index contributed by atoms with van der Waals surface area (Å²) < 4.78 is 6.56. The second kappa shape index (κ2) is 6.19. The molecule has 0 radical (unpaired) electrons. The average Bonchev–Trinajstić information content (AvgIpc) is 2.91. The number of carbonyl (C=O) groups excluding carboxylic acids is 1. The molecule has 1 atom stereocenters. The normalized spacial score (nSPS) is 12.1. The minimum atomic E-state index is -0.630. The number of aromatic nitrogens is 2. The summed E-state index contributed by atoms with van der Waals surface area (Å²) in [6, 6.07) is 14.9. The number of imidazole rings is 1. The Morgan fingerprint density at radius 1 is 1.23 bits per heavy atom. The summed E-state index contributed by atoms with van der Waals surface area (Å²) in [5.41, 5.74) is 1.68. The van der Waals surface area contributed by atoms with E-state index in [1.165, 1.54) is 0 Å². The molecule has 22 heavy (non-hydrogen) atoms. The van der Waals surface area contributed by atoms with Crippen molar-refractivity contribution in [2.45, 2.75) is 13.0 Å². The standard InChI is InChI=1S/C16H14BrN3O2/c1-10(22-12-8-6-11(17)7-9-12)15(21)20-16-18-13-4-2-3-5-14(13)19-16/h2-10H,1H3,(H2,18,19,20,21)/t10-/m1/s1. The average molecular weight is 360 g/mol. The number of halogens is 1. The van der Waals surface area contributed by atoms with Gasteiger partial charge < -0.3 is 9.72 Å². The van der Waals surface area contributed by atoms with E-state index in [0.29, 0.717) is 11.7 Å². The van der Waals surface area contributed by atoms with Crippen LogP contribution in [0.15, 0.2) is 53.0 Å². The zero-order chi connectivity index (χ0) is 15.5. The topological polar surface area (TPSA) is 67.0 Å². The lowest BCUT2D eigenvalue weighted by molar-refractivity contribution is -0.122. The number of para-hydroxylation sites is 2. The predicted molar refractivity (Wildman–Crippen MR) is 89.0 cm³/mol. The highest BCUT2D eigenvalue weighted by Crippen LogP contribution is 2.18. The van der Waals surface area contributed by atoms with Gasteiger partial charge in [-0.3, -0.25) is 10.1 Å². The number of ether oxygens (including phenoxy) is 1. The number of aromatic amines is 1. The van der Waals surface area contributed by atoms with E-state index < -0.39 is 6.10 Å². The van der Waals surface area contributed by atoms with Gasteiger partial charge in [-0.15, -0.1) is 0 Å². The number of amides is 1. The third-order valence-electron chi connectivity index (χ3n) is 3.13. The van der Waals surface area contributed by atoms with E-state index in [9.17, 15) is 4.79 Å². The molecule has 0 fully saturated rings. The molecule has 0 saturated carbocycles. The van der Waals surface area contributed by atoms with Crippen molar-refractivity contribution in [3.8, 4) is 5.75 Å². The minimum absolute atomic E-state index is 0.262. The van der Waals surface area contributed by atoms with Crippen LogP contribution in [0.4, 0.5) is 5.95 Å². The van der Waals surface area contributed by atoms with Crippen LogP contribution in [0.3, 0.4) is 0 Å². The second-order valence-corrected chi connectivity index (χ2v) is 5.72. The zero-order valence-corrected chi connectivity index (χ0v) is 13.4. The van der Waals surface area contributed by atoms with Gasteiger partial charge in [0, 0.05) is 4.47 Å². The SMILES string of the molecule is C[C@@H](Oc1ccc(Br)cc1)C(=O)Nc1nc2ccccc2[nH]1. The molecule has 2 aromatic carbocycles. The lowest BCUT2D eigenvalue weighted by atomic mass is 10.3. The predicted octanol–water partition coefficient (Wildman–Crippen LogP) is 3.73. The highest BCUT2D eigenvalue weighted by Gasteiger charge is 2.16. The molecule has 3 aromatic rings. The number of nitrogens with zero attached hydrogens (tertiary/aromatic N) is 1. The molecule has 0 aliphatic carbocycles. The molecule has 0 aliphatic heterocycles. The first kappa shape index (κ1) is 14.6. The van der Waals surface area contributed by atoms with Gasteiger partial charge in [0.1, 0.15) is 5.75 Å². The van der Waals surface area contributed by atoms with Crippen molar-refractivity contribution in [1.82, 2.24) is 9.97 Å². The van der Waals surface area contributed by atoms with Crippen molar-refractivity contribution in [3.05, 3.63) is 53.0 Å². The molecular formula is C16H14BrN3O2. The van der Waals surface area contributed by atoms with Crippen LogP contribution in [0.5, 0.6) is 5.75 Å². The van der Waals surface area contributed by atoms with Gasteiger partial charge in [0.05, 0.1) is 11.0 Å². The monoisotopic (exact) mass is 359 g/mol. The Kier molecular flexibility index (Phi) is 4.11. The molecular weight excluding hydrogens is 346 g/mol. The maximum Gasteiger partial charge on any atom is 0.267 e. The molecule has 0 saturated heterocycles.